The molecular weight excluding hydrogens is 512 g/mol. The van der Waals surface area contributed by atoms with E-state index in [9.17, 15) is 29.4 Å². The van der Waals surface area contributed by atoms with E-state index in [1.807, 2.05) is 4.90 Å². The summed E-state index contributed by atoms with van der Waals surface area (Å²) in [5.74, 6) is -3.51. The number of hydrogen-bond donors (Lipinski definition) is 4. The number of hydrogen-bond acceptors (Lipinski definition) is 7. The van der Waals surface area contributed by atoms with Gasteiger partial charge in [-0.15, -0.1) is 0 Å². The van der Waals surface area contributed by atoms with Gasteiger partial charge in [0.15, 0.2) is 0 Å². The highest BCUT2D eigenvalue weighted by Gasteiger charge is 2.31. The quantitative estimate of drug-likeness (QED) is 0.459. The highest BCUT2D eigenvalue weighted by atomic mass is 79.9. The molecule has 0 spiro atoms. The molecule has 0 bridgehead atoms. The second-order valence-corrected chi connectivity index (χ2v) is 9.63. The highest BCUT2D eigenvalue weighted by molar-refractivity contribution is 9.10. The Bertz CT molecular complexity index is 1210. The standard InChI is InChI=1S/C22H25BrN4O7/c1-22(2,3)34-21(33)27-8-6-26(7-9-27)13-5-4-11(23)10-12(13)14-15(19(29)30)17(24)25-18(28)16(14)20(31)32/h4-5,10H,6-9H2,1-3H3,(H,29,30)(H,31,32)(H3,24,25,28). The van der Waals surface area contributed by atoms with Crippen molar-refractivity contribution in [2.24, 2.45) is 0 Å². The third kappa shape index (κ3) is 5.16. The molecule has 0 radical (unpaired) electrons. The number of aromatic amines is 1. The summed E-state index contributed by atoms with van der Waals surface area (Å²) in [7, 11) is 0. The number of carbonyl (C=O) groups excluding carboxylic acids is 1. The first kappa shape index (κ1) is 25.1. The van der Waals surface area contributed by atoms with Crippen molar-refractivity contribution in [3.05, 3.63) is 44.2 Å². The Balaban J connectivity index is 2.08. The first-order valence-electron chi connectivity index (χ1n) is 10.3. The van der Waals surface area contributed by atoms with Crippen LogP contribution in [0.4, 0.5) is 16.3 Å². The van der Waals surface area contributed by atoms with E-state index in [0.29, 0.717) is 36.3 Å². The summed E-state index contributed by atoms with van der Waals surface area (Å²) in [6, 6.07) is 4.95. The number of carbonyl (C=O) groups is 3. The number of amides is 1. The molecule has 12 heteroatoms. The molecule has 34 heavy (non-hydrogen) atoms. The zero-order chi connectivity index (χ0) is 25.4. The summed E-state index contributed by atoms with van der Waals surface area (Å²) >= 11 is 3.33. The number of nitrogen functional groups attached to an aromatic ring is 1. The van der Waals surface area contributed by atoms with E-state index < -0.39 is 46.1 Å². The number of carboxylic acids is 2. The number of halogens is 1. The molecule has 1 aromatic carbocycles. The molecule has 0 saturated carbocycles. The van der Waals surface area contributed by atoms with Gasteiger partial charge in [-0.2, -0.15) is 0 Å². The zero-order valence-corrected chi connectivity index (χ0v) is 20.4. The number of aromatic nitrogens is 1. The molecule has 182 valence electrons. The molecule has 1 saturated heterocycles. The van der Waals surface area contributed by atoms with Gasteiger partial charge in [0, 0.05) is 47.5 Å². The Morgan fingerprint density at radius 2 is 1.65 bits per heavy atom. The molecular formula is C22H25BrN4O7. The minimum absolute atomic E-state index is 0.215. The van der Waals surface area contributed by atoms with Crippen LogP contribution < -0.4 is 16.2 Å². The van der Waals surface area contributed by atoms with E-state index in [-0.39, 0.29) is 11.1 Å². The van der Waals surface area contributed by atoms with Crippen molar-refractivity contribution in [1.82, 2.24) is 9.88 Å². The SMILES string of the molecule is CC(C)(C)OC(=O)N1CCN(c2ccc(Br)cc2-c2c(C(=O)O)c(N)[nH]c(=O)c2C(=O)O)CC1. The van der Waals surface area contributed by atoms with Gasteiger partial charge in [-0.25, -0.2) is 14.4 Å². The van der Waals surface area contributed by atoms with E-state index in [0.717, 1.165) is 0 Å². The van der Waals surface area contributed by atoms with Crippen LogP contribution in [0.25, 0.3) is 11.1 Å². The molecule has 1 aromatic heterocycles. The molecule has 1 aliphatic rings. The number of benzene rings is 1. The maximum Gasteiger partial charge on any atom is 0.410 e. The van der Waals surface area contributed by atoms with Gasteiger partial charge in [0.2, 0.25) is 0 Å². The van der Waals surface area contributed by atoms with Crippen molar-refractivity contribution < 1.29 is 29.3 Å². The summed E-state index contributed by atoms with van der Waals surface area (Å²) in [6.07, 6.45) is -0.438. The van der Waals surface area contributed by atoms with Crippen LogP contribution in [0.1, 0.15) is 41.5 Å². The monoisotopic (exact) mass is 536 g/mol. The Hall–Kier alpha value is -3.54. The number of pyridine rings is 1. The van der Waals surface area contributed by atoms with Gasteiger partial charge in [-0.1, -0.05) is 15.9 Å². The van der Waals surface area contributed by atoms with Crippen LogP contribution >= 0.6 is 15.9 Å². The van der Waals surface area contributed by atoms with Gasteiger partial charge < -0.3 is 35.5 Å². The van der Waals surface area contributed by atoms with Gasteiger partial charge in [0.05, 0.1) is 0 Å². The number of aromatic carboxylic acids is 2. The maximum absolute atomic E-state index is 12.5. The molecule has 1 fully saturated rings. The van der Waals surface area contributed by atoms with Crippen LogP contribution in [0.3, 0.4) is 0 Å². The summed E-state index contributed by atoms with van der Waals surface area (Å²) in [6.45, 7) is 6.75. The van der Waals surface area contributed by atoms with E-state index >= 15 is 0 Å². The number of piperazine rings is 1. The van der Waals surface area contributed by atoms with Crippen LogP contribution in [0.2, 0.25) is 0 Å². The molecule has 1 aliphatic heterocycles. The van der Waals surface area contributed by atoms with Crippen molar-refractivity contribution in [2.75, 3.05) is 36.8 Å². The van der Waals surface area contributed by atoms with Crippen molar-refractivity contribution in [3.8, 4) is 11.1 Å². The van der Waals surface area contributed by atoms with E-state index in [4.69, 9.17) is 10.5 Å². The second-order valence-electron chi connectivity index (χ2n) is 8.72. The Morgan fingerprint density at radius 3 is 2.18 bits per heavy atom. The maximum atomic E-state index is 12.5. The predicted octanol–water partition coefficient (Wildman–Crippen LogP) is 2.84. The average Bonchev–Trinajstić information content (AvgIpc) is 2.71. The third-order valence-corrected chi connectivity index (χ3v) is 5.67. The van der Waals surface area contributed by atoms with E-state index in [2.05, 4.69) is 20.9 Å². The summed E-state index contributed by atoms with van der Waals surface area (Å²) in [4.78, 5) is 54.4. The number of ether oxygens (including phenoxy) is 1. The lowest BCUT2D eigenvalue weighted by molar-refractivity contribution is 0.0240. The van der Waals surface area contributed by atoms with Gasteiger partial charge >= 0.3 is 18.0 Å². The molecule has 3 rings (SSSR count). The number of nitrogens with zero attached hydrogens (tertiary/aromatic N) is 2. The molecule has 1 amide bonds. The minimum Gasteiger partial charge on any atom is -0.478 e. The van der Waals surface area contributed by atoms with Gasteiger partial charge in [0.1, 0.15) is 22.5 Å². The smallest absolute Gasteiger partial charge is 0.410 e. The highest BCUT2D eigenvalue weighted by Crippen LogP contribution is 2.38. The molecule has 11 nitrogen and oxygen atoms in total. The normalized spacial score (nSPS) is 14.1. The summed E-state index contributed by atoms with van der Waals surface area (Å²) in [5.41, 5.74) is 3.34. The van der Waals surface area contributed by atoms with Gasteiger partial charge in [0.25, 0.3) is 5.56 Å². The predicted molar refractivity (Wildman–Crippen MR) is 129 cm³/mol. The summed E-state index contributed by atoms with van der Waals surface area (Å²) in [5, 5.41) is 19.5. The fourth-order valence-electron chi connectivity index (χ4n) is 3.76. The molecule has 0 atom stereocenters. The molecule has 0 aliphatic carbocycles. The van der Waals surface area contributed by atoms with Crippen molar-refractivity contribution in [3.63, 3.8) is 0 Å². The number of anilines is 2. The lowest BCUT2D eigenvalue weighted by Gasteiger charge is -2.37. The molecule has 2 aromatic rings. The van der Waals surface area contributed by atoms with Crippen LogP contribution in [0.5, 0.6) is 0 Å². The van der Waals surface area contributed by atoms with Gasteiger partial charge in [-0.3, -0.25) is 4.79 Å². The number of nitrogens with one attached hydrogen (secondary N) is 1. The average molecular weight is 537 g/mol. The first-order chi connectivity index (χ1) is 15.8. The number of H-pyrrole nitrogens is 1. The third-order valence-electron chi connectivity index (χ3n) is 5.17. The van der Waals surface area contributed by atoms with Gasteiger partial charge in [-0.05, 0) is 39.0 Å². The lowest BCUT2D eigenvalue weighted by Crippen LogP contribution is -2.50. The largest absolute Gasteiger partial charge is 0.478 e. The Morgan fingerprint density at radius 1 is 1.06 bits per heavy atom. The fraction of sp³-hybridized carbons (Fsp3) is 0.364. The molecule has 2 heterocycles. The Labute approximate surface area is 203 Å². The number of carboxylic acid groups (broad SMARTS) is 2. The van der Waals surface area contributed by atoms with Crippen molar-refractivity contribution in [2.45, 2.75) is 26.4 Å². The Kier molecular flexibility index (Phi) is 6.92. The van der Waals surface area contributed by atoms with Crippen LogP contribution in [0, 0.1) is 0 Å². The minimum atomic E-state index is -1.58. The number of nitrogens with two attached hydrogens (primary N) is 1. The van der Waals surface area contributed by atoms with Crippen LogP contribution in [-0.4, -0.2) is 69.9 Å². The fourth-order valence-corrected chi connectivity index (χ4v) is 4.12. The van der Waals surface area contributed by atoms with E-state index in [1.165, 1.54) is 0 Å². The second kappa shape index (κ2) is 9.37. The topological polar surface area (TPSA) is 166 Å². The number of rotatable bonds is 4. The lowest BCUT2D eigenvalue weighted by atomic mass is 9.93. The van der Waals surface area contributed by atoms with Crippen LogP contribution in [-0.2, 0) is 4.74 Å². The zero-order valence-electron chi connectivity index (χ0n) is 18.8. The van der Waals surface area contributed by atoms with Crippen molar-refractivity contribution >= 4 is 45.5 Å². The van der Waals surface area contributed by atoms with E-state index in [1.54, 1.807) is 43.9 Å². The molecule has 0 unspecified atom stereocenters. The first-order valence-corrected chi connectivity index (χ1v) is 11.1. The molecule has 5 N–H and O–H groups in total. The van der Waals surface area contributed by atoms with Crippen molar-refractivity contribution in [1.29, 1.82) is 0 Å². The summed E-state index contributed by atoms with van der Waals surface area (Å²) < 4.78 is 5.96. The van der Waals surface area contributed by atoms with Crippen LogP contribution in [0.15, 0.2) is 27.5 Å².